The van der Waals surface area contributed by atoms with Gasteiger partial charge in [0.25, 0.3) is 0 Å². The second-order valence-corrected chi connectivity index (χ2v) is 11.5. The van der Waals surface area contributed by atoms with E-state index in [0.717, 1.165) is 0 Å². The number of amides is 1. The van der Waals surface area contributed by atoms with Crippen LogP contribution in [0.5, 0.6) is 0 Å². The number of nitrogens with one attached hydrogen (secondary N) is 1. The van der Waals surface area contributed by atoms with Crippen molar-refractivity contribution in [2.45, 2.75) is 64.4 Å². The third kappa shape index (κ3) is 5.37. The molecule has 0 rings (SSSR count). The van der Waals surface area contributed by atoms with Gasteiger partial charge in [0, 0.05) is 0 Å². The first kappa shape index (κ1) is 17.4. The molecule has 0 aliphatic rings. The molecule has 1 unspecified atom stereocenters. The predicted octanol–water partition coefficient (Wildman–Crippen LogP) is 2.42. The lowest BCUT2D eigenvalue weighted by Crippen LogP contribution is -2.54. The maximum absolute atomic E-state index is 10.7. The first-order chi connectivity index (χ1) is 7.77. The van der Waals surface area contributed by atoms with Crippen molar-refractivity contribution in [2.24, 2.45) is 0 Å². The first-order valence-electron chi connectivity index (χ1n) is 6.13. The molecule has 0 aromatic rings. The maximum atomic E-state index is 10.7. The fraction of sp³-hybridized carbons (Fsp3) is 0.917. The van der Waals surface area contributed by atoms with Gasteiger partial charge >= 0.3 is 6.09 Å². The fourth-order valence-electron chi connectivity index (χ4n) is 1.08. The van der Waals surface area contributed by atoms with Crippen LogP contribution in [-0.2, 0) is 4.43 Å². The number of rotatable bonds is 5. The Bertz CT molecular complexity index is 291. The zero-order valence-electron chi connectivity index (χ0n) is 12.5. The standard InChI is InChI=1S/C12H27NO4Si/c1-11(2,3)18(6,7)17-8-9(12(4,5)16)13-10(14)15/h9,13,16H,8H2,1-7H3,(H,14,15). The first-order valence-corrected chi connectivity index (χ1v) is 9.04. The van der Waals surface area contributed by atoms with Crippen molar-refractivity contribution in [3.8, 4) is 0 Å². The van der Waals surface area contributed by atoms with Crippen molar-refractivity contribution in [3.05, 3.63) is 0 Å². The van der Waals surface area contributed by atoms with Gasteiger partial charge in [0.2, 0.25) is 0 Å². The maximum Gasteiger partial charge on any atom is 0.405 e. The van der Waals surface area contributed by atoms with Crippen LogP contribution in [0.1, 0.15) is 34.6 Å². The van der Waals surface area contributed by atoms with Crippen LogP contribution in [-0.4, -0.2) is 42.9 Å². The molecule has 5 nitrogen and oxygen atoms in total. The molecular formula is C12H27NO4Si. The molecule has 0 bridgehead atoms. The van der Waals surface area contributed by atoms with Crippen LogP contribution >= 0.6 is 0 Å². The normalized spacial score (nSPS) is 15.3. The summed E-state index contributed by atoms with van der Waals surface area (Å²) in [5.41, 5.74) is -1.15. The molecule has 108 valence electrons. The van der Waals surface area contributed by atoms with E-state index >= 15 is 0 Å². The number of hydrogen-bond donors (Lipinski definition) is 3. The highest BCUT2D eigenvalue weighted by Crippen LogP contribution is 2.36. The minimum Gasteiger partial charge on any atom is -0.465 e. The fourth-order valence-corrected chi connectivity index (χ4v) is 2.10. The van der Waals surface area contributed by atoms with E-state index in [1.165, 1.54) is 0 Å². The topological polar surface area (TPSA) is 78.8 Å². The third-order valence-corrected chi connectivity index (χ3v) is 8.07. The molecule has 0 radical (unpaired) electrons. The van der Waals surface area contributed by atoms with E-state index in [1.807, 2.05) is 0 Å². The van der Waals surface area contributed by atoms with Crippen molar-refractivity contribution in [1.29, 1.82) is 0 Å². The number of hydrogen-bond acceptors (Lipinski definition) is 3. The molecule has 1 amide bonds. The van der Waals surface area contributed by atoms with Crippen molar-refractivity contribution < 1.29 is 19.4 Å². The van der Waals surface area contributed by atoms with Crippen molar-refractivity contribution in [1.82, 2.24) is 5.32 Å². The Morgan fingerprint density at radius 1 is 1.28 bits per heavy atom. The summed E-state index contributed by atoms with van der Waals surface area (Å²) in [5.74, 6) is 0. The molecule has 0 aromatic heterocycles. The Morgan fingerprint density at radius 3 is 2.00 bits per heavy atom. The molecule has 0 aliphatic carbocycles. The molecule has 1 atom stereocenters. The summed E-state index contributed by atoms with van der Waals surface area (Å²) in [6.07, 6.45) is -1.15. The van der Waals surface area contributed by atoms with E-state index in [-0.39, 0.29) is 11.6 Å². The second kappa shape index (κ2) is 5.58. The van der Waals surface area contributed by atoms with E-state index in [0.29, 0.717) is 0 Å². The van der Waals surface area contributed by atoms with E-state index in [9.17, 15) is 9.90 Å². The van der Waals surface area contributed by atoms with E-state index < -0.39 is 26.1 Å². The lowest BCUT2D eigenvalue weighted by atomic mass is 10.0. The Labute approximate surface area is 111 Å². The summed E-state index contributed by atoms with van der Waals surface area (Å²) >= 11 is 0. The van der Waals surface area contributed by atoms with Crippen LogP contribution < -0.4 is 5.32 Å². The minimum absolute atomic E-state index is 0.0559. The van der Waals surface area contributed by atoms with Crippen LogP contribution in [0.3, 0.4) is 0 Å². The molecule has 0 aliphatic heterocycles. The summed E-state index contributed by atoms with van der Waals surface area (Å²) in [6.45, 7) is 13.9. The predicted molar refractivity (Wildman–Crippen MR) is 74.4 cm³/mol. The zero-order valence-corrected chi connectivity index (χ0v) is 13.5. The van der Waals surface area contributed by atoms with E-state index in [4.69, 9.17) is 9.53 Å². The van der Waals surface area contributed by atoms with Gasteiger partial charge in [0.05, 0.1) is 18.2 Å². The average Bonchev–Trinajstić information content (AvgIpc) is 2.07. The molecule has 0 saturated carbocycles. The van der Waals surface area contributed by atoms with Gasteiger partial charge in [-0.25, -0.2) is 4.79 Å². The van der Waals surface area contributed by atoms with Gasteiger partial charge in [0.1, 0.15) is 0 Å². The third-order valence-electron chi connectivity index (χ3n) is 3.57. The molecule has 6 heteroatoms. The van der Waals surface area contributed by atoms with Crippen LogP contribution in [0.4, 0.5) is 4.79 Å². The lowest BCUT2D eigenvalue weighted by molar-refractivity contribution is 0.0178. The highest BCUT2D eigenvalue weighted by Gasteiger charge is 2.39. The Kier molecular flexibility index (Phi) is 5.40. The number of carboxylic acid groups (broad SMARTS) is 1. The Balaban J connectivity index is 4.68. The van der Waals surface area contributed by atoms with Crippen molar-refractivity contribution in [3.63, 3.8) is 0 Å². The van der Waals surface area contributed by atoms with Crippen LogP contribution in [0, 0.1) is 0 Å². The van der Waals surface area contributed by atoms with Gasteiger partial charge in [-0.3, -0.25) is 0 Å². The summed E-state index contributed by atoms with van der Waals surface area (Å²) in [6, 6.07) is -0.635. The smallest absolute Gasteiger partial charge is 0.405 e. The van der Waals surface area contributed by atoms with Crippen LogP contribution in [0.25, 0.3) is 0 Å². The molecular weight excluding hydrogens is 250 g/mol. The van der Waals surface area contributed by atoms with E-state index in [2.05, 4.69) is 39.2 Å². The van der Waals surface area contributed by atoms with Gasteiger partial charge in [-0.15, -0.1) is 0 Å². The summed E-state index contributed by atoms with van der Waals surface area (Å²) < 4.78 is 5.94. The van der Waals surface area contributed by atoms with Crippen molar-refractivity contribution >= 4 is 14.4 Å². The molecule has 3 N–H and O–H groups in total. The lowest BCUT2D eigenvalue weighted by Gasteiger charge is -2.39. The van der Waals surface area contributed by atoms with Gasteiger partial charge in [-0.1, -0.05) is 20.8 Å². The zero-order chi connectivity index (χ0) is 14.8. The molecule has 0 fully saturated rings. The molecule has 0 saturated heterocycles. The SMILES string of the molecule is CC(C)(O)C(CO[Si](C)(C)C(C)(C)C)NC(=O)O. The van der Waals surface area contributed by atoms with Gasteiger partial charge < -0.3 is 20.0 Å². The molecule has 18 heavy (non-hydrogen) atoms. The Hall–Kier alpha value is -0.593. The van der Waals surface area contributed by atoms with Gasteiger partial charge in [0.15, 0.2) is 8.32 Å². The van der Waals surface area contributed by atoms with Crippen molar-refractivity contribution in [2.75, 3.05) is 6.61 Å². The van der Waals surface area contributed by atoms with Crippen LogP contribution in [0.15, 0.2) is 0 Å². The summed E-state index contributed by atoms with van der Waals surface area (Å²) in [7, 11) is -1.94. The molecule has 0 heterocycles. The Morgan fingerprint density at radius 2 is 1.72 bits per heavy atom. The minimum atomic E-state index is -1.94. The van der Waals surface area contributed by atoms with Gasteiger partial charge in [-0.05, 0) is 32.0 Å². The van der Waals surface area contributed by atoms with Gasteiger partial charge in [-0.2, -0.15) is 0 Å². The average molecular weight is 277 g/mol. The summed E-state index contributed by atoms with van der Waals surface area (Å²) in [4.78, 5) is 10.7. The highest BCUT2D eigenvalue weighted by molar-refractivity contribution is 6.74. The monoisotopic (exact) mass is 277 g/mol. The summed E-state index contributed by atoms with van der Waals surface area (Å²) in [5, 5.41) is 21.1. The van der Waals surface area contributed by atoms with E-state index in [1.54, 1.807) is 13.8 Å². The quantitative estimate of drug-likeness (QED) is 0.674. The largest absolute Gasteiger partial charge is 0.465 e. The second-order valence-electron chi connectivity index (χ2n) is 6.73. The number of carbonyl (C=O) groups is 1. The van der Waals surface area contributed by atoms with Crippen LogP contribution in [0.2, 0.25) is 18.1 Å². The molecule has 0 spiro atoms. The molecule has 0 aromatic carbocycles. The highest BCUT2D eigenvalue weighted by atomic mass is 28.4. The number of aliphatic hydroxyl groups is 1.